The number of halogens is 4. The van der Waals surface area contributed by atoms with Crippen LogP contribution in [0, 0.1) is 0 Å². The highest BCUT2D eigenvalue weighted by molar-refractivity contribution is 6.31. The molecule has 3 rings (SSSR count). The molecule has 0 saturated heterocycles. The van der Waals surface area contributed by atoms with Crippen molar-refractivity contribution in [2.45, 2.75) is 13.1 Å². The molecular weight excluding hydrogens is 371 g/mol. The highest BCUT2D eigenvalue weighted by Crippen LogP contribution is 2.37. The van der Waals surface area contributed by atoms with Crippen LogP contribution < -0.4 is 15.5 Å². The van der Waals surface area contributed by atoms with E-state index in [1.54, 1.807) is 12.1 Å². The van der Waals surface area contributed by atoms with Crippen LogP contribution >= 0.6 is 11.6 Å². The Morgan fingerprint density at radius 3 is 2.65 bits per heavy atom. The van der Waals surface area contributed by atoms with Gasteiger partial charge in [-0.25, -0.2) is 10.0 Å². The second-order valence-electron chi connectivity index (χ2n) is 5.58. The number of nitrogens with two attached hydrogens (primary N) is 1. The van der Waals surface area contributed by atoms with Gasteiger partial charge in [0.05, 0.1) is 6.61 Å². The molecule has 0 fully saturated rings. The van der Waals surface area contributed by atoms with Crippen molar-refractivity contribution >= 4 is 23.2 Å². The number of rotatable bonds is 4. The van der Waals surface area contributed by atoms with Gasteiger partial charge in [0.15, 0.2) is 12.4 Å². The van der Waals surface area contributed by atoms with Crippen molar-refractivity contribution in [1.29, 1.82) is 0 Å². The van der Waals surface area contributed by atoms with Gasteiger partial charge in [0.25, 0.3) is 0 Å². The Hall–Kier alpha value is -2.45. The molecule has 2 aromatic rings. The summed E-state index contributed by atoms with van der Waals surface area (Å²) in [5.41, 5.74) is 7.63. The quantitative estimate of drug-likeness (QED) is 0.834. The lowest BCUT2D eigenvalue weighted by atomic mass is 10.1. The van der Waals surface area contributed by atoms with Gasteiger partial charge < -0.3 is 10.5 Å². The SMILES string of the molecule is CC1=CCON1c1ccc(-c2cc(Cl)ccc2OCC(F)(F)F)c(N)n1. The second kappa shape index (κ2) is 7.05. The molecule has 0 saturated carbocycles. The lowest BCUT2D eigenvalue weighted by Gasteiger charge is -2.19. The first kappa shape index (κ1) is 18.3. The summed E-state index contributed by atoms with van der Waals surface area (Å²) in [6.07, 6.45) is -2.58. The molecule has 0 atom stereocenters. The van der Waals surface area contributed by atoms with Crippen LogP contribution in [0.3, 0.4) is 0 Å². The Kier molecular flexibility index (Phi) is 4.97. The van der Waals surface area contributed by atoms with Gasteiger partial charge >= 0.3 is 6.18 Å². The smallest absolute Gasteiger partial charge is 0.422 e. The number of ether oxygens (including phenoxy) is 1. The molecule has 2 N–H and O–H groups in total. The number of allylic oxidation sites excluding steroid dienone is 1. The van der Waals surface area contributed by atoms with E-state index in [0.29, 0.717) is 28.6 Å². The van der Waals surface area contributed by atoms with Crippen molar-refractivity contribution in [2.75, 3.05) is 24.0 Å². The van der Waals surface area contributed by atoms with E-state index in [4.69, 9.17) is 26.9 Å². The van der Waals surface area contributed by atoms with Crippen molar-refractivity contribution in [3.8, 4) is 16.9 Å². The minimum atomic E-state index is -4.46. The molecule has 1 aromatic carbocycles. The zero-order valence-corrected chi connectivity index (χ0v) is 14.4. The van der Waals surface area contributed by atoms with Crippen LogP contribution in [0.4, 0.5) is 24.8 Å². The number of benzene rings is 1. The molecule has 2 heterocycles. The lowest BCUT2D eigenvalue weighted by molar-refractivity contribution is -0.153. The van der Waals surface area contributed by atoms with Crippen LogP contribution in [0.2, 0.25) is 5.02 Å². The Morgan fingerprint density at radius 2 is 2.04 bits per heavy atom. The fourth-order valence-corrected chi connectivity index (χ4v) is 2.64. The number of nitrogen functional groups attached to an aromatic ring is 1. The number of nitrogens with zero attached hydrogens (tertiary/aromatic N) is 2. The summed E-state index contributed by atoms with van der Waals surface area (Å²) in [5.74, 6) is 0.601. The molecule has 0 spiro atoms. The van der Waals surface area contributed by atoms with E-state index in [9.17, 15) is 13.2 Å². The summed E-state index contributed by atoms with van der Waals surface area (Å²) in [4.78, 5) is 9.70. The van der Waals surface area contributed by atoms with Crippen LogP contribution in [0.1, 0.15) is 6.92 Å². The third kappa shape index (κ3) is 4.03. The number of pyridine rings is 1. The normalized spacial score (nSPS) is 14.5. The van der Waals surface area contributed by atoms with E-state index in [-0.39, 0.29) is 11.6 Å². The lowest BCUT2D eigenvalue weighted by Crippen LogP contribution is -2.19. The topological polar surface area (TPSA) is 60.6 Å². The monoisotopic (exact) mass is 385 g/mol. The summed E-state index contributed by atoms with van der Waals surface area (Å²) >= 11 is 5.99. The highest BCUT2D eigenvalue weighted by Gasteiger charge is 2.29. The van der Waals surface area contributed by atoms with Gasteiger partial charge in [0.1, 0.15) is 11.6 Å². The van der Waals surface area contributed by atoms with Crippen molar-refractivity contribution in [3.63, 3.8) is 0 Å². The van der Waals surface area contributed by atoms with Gasteiger partial charge in [-0.2, -0.15) is 13.2 Å². The van der Waals surface area contributed by atoms with Crippen LogP contribution in [-0.2, 0) is 4.84 Å². The molecule has 0 amide bonds. The Bertz CT molecular complexity index is 856. The van der Waals surface area contributed by atoms with Crippen LogP contribution in [0.5, 0.6) is 5.75 Å². The number of hydrogen-bond acceptors (Lipinski definition) is 5. The number of anilines is 2. The third-order valence-corrected chi connectivity index (χ3v) is 3.88. The van der Waals surface area contributed by atoms with Gasteiger partial charge in [-0.05, 0) is 43.3 Å². The largest absolute Gasteiger partial charge is 0.483 e. The van der Waals surface area contributed by atoms with E-state index in [0.717, 1.165) is 5.70 Å². The standard InChI is InChI=1S/C17H15ClF3N3O2/c1-10-6-7-26-24(10)15-5-3-12(16(22)23-15)13-8-11(18)2-4-14(13)25-9-17(19,20)21/h2-6,8H,7,9H2,1H3,(H2,22,23). The summed E-state index contributed by atoms with van der Waals surface area (Å²) in [6, 6.07) is 7.59. The van der Waals surface area contributed by atoms with Crippen molar-refractivity contribution < 1.29 is 22.7 Å². The molecule has 0 bridgehead atoms. The van der Waals surface area contributed by atoms with Gasteiger partial charge in [-0.1, -0.05) is 11.6 Å². The summed E-state index contributed by atoms with van der Waals surface area (Å²) < 4.78 is 42.4. The predicted octanol–water partition coefficient (Wildman–Crippen LogP) is 4.58. The predicted molar refractivity (Wildman–Crippen MR) is 92.8 cm³/mol. The highest BCUT2D eigenvalue weighted by atomic mass is 35.5. The van der Waals surface area contributed by atoms with E-state index in [1.807, 2.05) is 13.0 Å². The molecule has 1 aromatic heterocycles. The Balaban J connectivity index is 1.95. The molecule has 138 valence electrons. The van der Waals surface area contributed by atoms with Crippen molar-refractivity contribution in [2.24, 2.45) is 0 Å². The van der Waals surface area contributed by atoms with Crippen LogP contribution in [-0.4, -0.2) is 24.4 Å². The van der Waals surface area contributed by atoms with Crippen molar-refractivity contribution in [3.05, 3.63) is 47.1 Å². The number of hydrogen-bond donors (Lipinski definition) is 1. The number of hydroxylamine groups is 1. The fourth-order valence-electron chi connectivity index (χ4n) is 2.47. The summed E-state index contributed by atoms with van der Waals surface area (Å²) in [6.45, 7) is 0.871. The maximum atomic E-state index is 12.5. The number of aromatic nitrogens is 1. The van der Waals surface area contributed by atoms with Gasteiger partial charge in [0, 0.05) is 21.8 Å². The Morgan fingerprint density at radius 1 is 1.27 bits per heavy atom. The molecule has 1 aliphatic rings. The minimum Gasteiger partial charge on any atom is -0.483 e. The maximum Gasteiger partial charge on any atom is 0.422 e. The summed E-state index contributed by atoms with van der Waals surface area (Å²) in [5, 5.41) is 1.86. The first-order chi connectivity index (χ1) is 12.2. The molecule has 5 nitrogen and oxygen atoms in total. The minimum absolute atomic E-state index is 0.0153. The average molecular weight is 386 g/mol. The molecular formula is C17H15ClF3N3O2. The zero-order chi connectivity index (χ0) is 18.9. The van der Waals surface area contributed by atoms with Gasteiger partial charge in [-0.15, -0.1) is 0 Å². The molecule has 26 heavy (non-hydrogen) atoms. The average Bonchev–Trinajstić information content (AvgIpc) is 2.99. The summed E-state index contributed by atoms with van der Waals surface area (Å²) in [7, 11) is 0. The van der Waals surface area contributed by atoms with E-state index < -0.39 is 12.8 Å². The van der Waals surface area contributed by atoms with Gasteiger partial charge in [0.2, 0.25) is 0 Å². The third-order valence-electron chi connectivity index (χ3n) is 3.64. The molecule has 0 radical (unpaired) electrons. The first-order valence-electron chi connectivity index (χ1n) is 7.60. The fraction of sp³-hybridized carbons (Fsp3) is 0.235. The number of alkyl halides is 3. The first-order valence-corrected chi connectivity index (χ1v) is 7.98. The molecule has 0 unspecified atom stereocenters. The maximum absolute atomic E-state index is 12.5. The van der Waals surface area contributed by atoms with Crippen LogP contribution in [0.25, 0.3) is 11.1 Å². The molecule has 9 heteroatoms. The van der Waals surface area contributed by atoms with Gasteiger partial charge in [-0.3, -0.25) is 4.84 Å². The second-order valence-corrected chi connectivity index (χ2v) is 6.02. The molecule has 1 aliphatic heterocycles. The zero-order valence-electron chi connectivity index (χ0n) is 13.7. The van der Waals surface area contributed by atoms with E-state index in [1.165, 1.54) is 23.3 Å². The van der Waals surface area contributed by atoms with E-state index in [2.05, 4.69) is 4.98 Å². The van der Waals surface area contributed by atoms with Crippen molar-refractivity contribution in [1.82, 2.24) is 4.98 Å². The molecule has 0 aliphatic carbocycles. The van der Waals surface area contributed by atoms with E-state index >= 15 is 0 Å². The van der Waals surface area contributed by atoms with Crippen LogP contribution in [0.15, 0.2) is 42.1 Å². The Labute approximate surface area is 152 Å².